The van der Waals surface area contributed by atoms with Crippen LogP contribution in [0.15, 0.2) is 35.4 Å². The zero-order valence-corrected chi connectivity index (χ0v) is 17.7. The van der Waals surface area contributed by atoms with E-state index in [1.807, 2.05) is 14.1 Å². The molecule has 1 aromatic carbocycles. The lowest BCUT2D eigenvalue weighted by atomic mass is 10.1. The van der Waals surface area contributed by atoms with Gasteiger partial charge in [-0.2, -0.15) is 4.98 Å². The number of anilines is 4. The standard InChI is InChI=1S/C19H26N6O3S/c1-14(26)21-15-7-9-16(10-8-15)29(27,28)23-17-13-20-19(22-18(17)24(2)3)25-11-5-4-6-12-25/h7-10,13,23H,4-6,11-12H2,1-3H3,(H,21,26). The molecule has 3 rings (SSSR count). The van der Waals surface area contributed by atoms with Crippen LogP contribution in [0.4, 0.5) is 23.1 Å². The van der Waals surface area contributed by atoms with Gasteiger partial charge in [-0.25, -0.2) is 13.4 Å². The van der Waals surface area contributed by atoms with Crippen molar-refractivity contribution >= 4 is 39.1 Å². The van der Waals surface area contributed by atoms with Gasteiger partial charge < -0.3 is 15.1 Å². The van der Waals surface area contributed by atoms with Gasteiger partial charge in [-0.05, 0) is 43.5 Å². The normalized spacial score (nSPS) is 14.4. The van der Waals surface area contributed by atoms with Crippen molar-refractivity contribution < 1.29 is 13.2 Å². The lowest BCUT2D eigenvalue weighted by Crippen LogP contribution is -2.31. The number of carbonyl (C=O) groups is 1. The Kier molecular flexibility index (Phi) is 6.21. The summed E-state index contributed by atoms with van der Waals surface area (Å²) in [5, 5.41) is 2.61. The van der Waals surface area contributed by atoms with Crippen LogP contribution in [0, 0.1) is 0 Å². The predicted molar refractivity (Wildman–Crippen MR) is 114 cm³/mol. The van der Waals surface area contributed by atoms with Gasteiger partial charge in [0.2, 0.25) is 11.9 Å². The zero-order chi connectivity index (χ0) is 21.0. The fourth-order valence-corrected chi connectivity index (χ4v) is 4.19. The van der Waals surface area contributed by atoms with E-state index in [0.717, 1.165) is 25.9 Å². The smallest absolute Gasteiger partial charge is 0.262 e. The van der Waals surface area contributed by atoms with Crippen molar-refractivity contribution in [3.05, 3.63) is 30.5 Å². The number of piperidine rings is 1. The van der Waals surface area contributed by atoms with Gasteiger partial charge >= 0.3 is 0 Å². The highest BCUT2D eigenvalue weighted by Crippen LogP contribution is 2.27. The minimum Gasteiger partial charge on any atom is -0.361 e. The number of rotatable bonds is 6. The first-order chi connectivity index (χ1) is 13.8. The Bertz CT molecular complexity index is 970. The van der Waals surface area contributed by atoms with Crippen LogP contribution in [-0.4, -0.2) is 51.5 Å². The third-order valence-corrected chi connectivity index (χ3v) is 5.93. The third-order valence-electron chi connectivity index (χ3n) is 4.55. The first-order valence-electron chi connectivity index (χ1n) is 9.46. The number of amides is 1. The van der Waals surface area contributed by atoms with Gasteiger partial charge in [0.25, 0.3) is 10.0 Å². The van der Waals surface area contributed by atoms with E-state index in [2.05, 4.69) is 24.9 Å². The monoisotopic (exact) mass is 418 g/mol. The van der Waals surface area contributed by atoms with Crippen LogP contribution >= 0.6 is 0 Å². The van der Waals surface area contributed by atoms with Gasteiger partial charge in [0.05, 0.1) is 11.1 Å². The molecule has 0 unspecified atom stereocenters. The summed E-state index contributed by atoms with van der Waals surface area (Å²) >= 11 is 0. The summed E-state index contributed by atoms with van der Waals surface area (Å²) in [6, 6.07) is 5.95. The summed E-state index contributed by atoms with van der Waals surface area (Å²) in [5.41, 5.74) is 0.835. The molecule has 0 radical (unpaired) electrons. The fourth-order valence-electron chi connectivity index (χ4n) is 3.15. The molecule has 0 atom stereocenters. The quantitative estimate of drug-likeness (QED) is 0.741. The van der Waals surface area contributed by atoms with Crippen molar-refractivity contribution in [1.29, 1.82) is 0 Å². The summed E-state index contributed by atoms with van der Waals surface area (Å²) in [5.74, 6) is 0.885. The van der Waals surface area contributed by atoms with E-state index in [1.54, 1.807) is 17.0 Å². The zero-order valence-electron chi connectivity index (χ0n) is 16.8. The molecule has 0 aliphatic carbocycles. The second-order valence-electron chi connectivity index (χ2n) is 7.16. The van der Waals surface area contributed by atoms with Crippen LogP contribution in [0.3, 0.4) is 0 Å². The molecule has 1 saturated heterocycles. The van der Waals surface area contributed by atoms with Crippen molar-refractivity contribution in [2.75, 3.05) is 47.0 Å². The number of aromatic nitrogens is 2. The Morgan fingerprint density at radius 2 is 1.76 bits per heavy atom. The Hall–Kier alpha value is -2.88. The number of carbonyl (C=O) groups excluding carboxylic acids is 1. The Morgan fingerprint density at radius 1 is 1.10 bits per heavy atom. The lowest BCUT2D eigenvalue weighted by Gasteiger charge is -2.28. The number of hydrogen-bond donors (Lipinski definition) is 2. The first kappa shape index (κ1) is 20.8. The molecular formula is C19H26N6O3S. The van der Waals surface area contributed by atoms with E-state index in [0.29, 0.717) is 23.1 Å². The molecule has 9 nitrogen and oxygen atoms in total. The Balaban J connectivity index is 1.84. The van der Waals surface area contributed by atoms with Crippen LogP contribution in [-0.2, 0) is 14.8 Å². The van der Waals surface area contributed by atoms with Gasteiger partial charge in [0.1, 0.15) is 5.69 Å². The molecule has 1 aliphatic heterocycles. The molecule has 2 N–H and O–H groups in total. The molecule has 156 valence electrons. The summed E-state index contributed by atoms with van der Waals surface area (Å²) in [4.78, 5) is 24.0. The van der Waals surface area contributed by atoms with Crippen LogP contribution in [0.25, 0.3) is 0 Å². The van der Waals surface area contributed by atoms with E-state index in [4.69, 9.17) is 0 Å². The van der Waals surface area contributed by atoms with Gasteiger partial charge in [0, 0.05) is 39.8 Å². The van der Waals surface area contributed by atoms with Gasteiger partial charge in [-0.3, -0.25) is 9.52 Å². The molecule has 0 bridgehead atoms. The van der Waals surface area contributed by atoms with Crippen molar-refractivity contribution in [3.63, 3.8) is 0 Å². The van der Waals surface area contributed by atoms with Crippen molar-refractivity contribution in [2.45, 2.75) is 31.1 Å². The topological polar surface area (TPSA) is 108 Å². The third kappa shape index (κ3) is 5.14. The number of nitrogens with zero attached hydrogens (tertiary/aromatic N) is 4. The van der Waals surface area contributed by atoms with Gasteiger partial charge in [-0.15, -0.1) is 0 Å². The highest BCUT2D eigenvalue weighted by molar-refractivity contribution is 7.92. The minimum absolute atomic E-state index is 0.0800. The minimum atomic E-state index is -3.84. The number of nitrogens with one attached hydrogen (secondary N) is 2. The number of sulfonamides is 1. The van der Waals surface area contributed by atoms with E-state index in [-0.39, 0.29) is 10.8 Å². The maximum Gasteiger partial charge on any atom is 0.262 e. The highest BCUT2D eigenvalue weighted by atomic mass is 32.2. The molecule has 1 amide bonds. The molecule has 1 aromatic heterocycles. The SMILES string of the molecule is CC(=O)Nc1ccc(S(=O)(=O)Nc2cnc(N3CCCCC3)nc2N(C)C)cc1. The second kappa shape index (κ2) is 8.64. The molecule has 2 heterocycles. The molecule has 1 aliphatic rings. The van der Waals surface area contributed by atoms with E-state index >= 15 is 0 Å². The summed E-state index contributed by atoms with van der Waals surface area (Å²) < 4.78 is 28.2. The highest BCUT2D eigenvalue weighted by Gasteiger charge is 2.21. The van der Waals surface area contributed by atoms with Crippen molar-refractivity contribution in [3.8, 4) is 0 Å². The lowest BCUT2D eigenvalue weighted by molar-refractivity contribution is -0.114. The average Bonchev–Trinajstić information content (AvgIpc) is 2.68. The summed E-state index contributed by atoms with van der Waals surface area (Å²) in [7, 11) is -0.220. The molecular weight excluding hydrogens is 392 g/mol. The summed E-state index contributed by atoms with van der Waals surface area (Å²) in [6.45, 7) is 3.19. The van der Waals surface area contributed by atoms with E-state index in [1.165, 1.54) is 31.7 Å². The molecule has 29 heavy (non-hydrogen) atoms. The number of benzene rings is 1. The molecule has 1 fully saturated rings. The van der Waals surface area contributed by atoms with E-state index < -0.39 is 10.0 Å². The average molecular weight is 419 g/mol. The largest absolute Gasteiger partial charge is 0.361 e. The fraction of sp³-hybridized carbons (Fsp3) is 0.421. The molecule has 10 heteroatoms. The summed E-state index contributed by atoms with van der Waals surface area (Å²) in [6.07, 6.45) is 4.91. The van der Waals surface area contributed by atoms with Gasteiger partial charge in [0.15, 0.2) is 5.82 Å². The van der Waals surface area contributed by atoms with Crippen LogP contribution in [0.1, 0.15) is 26.2 Å². The second-order valence-corrected chi connectivity index (χ2v) is 8.84. The van der Waals surface area contributed by atoms with Crippen LogP contribution < -0.4 is 19.8 Å². The predicted octanol–water partition coefficient (Wildman–Crippen LogP) is 2.29. The maximum atomic E-state index is 12.8. The molecule has 0 saturated carbocycles. The van der Waals surface area contributed by atoms with Gasteiger partial charge in [-0.1, -0.05) is 0 Å². The van der Waals surface area contributed by atoms with Crippen molar-refractivity contribution in [1.82, 2.24) is 9.97 Å². The van der Waals surface area contributed by atoms with Crippen LogP contribution in [0.5, 0.6) is 0 Å². The van der Waals surface area contributed by atoms with Crippen molar-refractivity contribution in [2.24, 2.45) is 0 Å². The molecule has 0 spiro atoms. The van der Waals surface area contributed by atoms with E-state index in [9.17, 15) is 13.2 Å². The molecule has 2 aromatic rings. The first-order valence-corrected chi connectivity index (χ1v) is 10.9. The Morgan fingerprint density at radius 3 is 2.34 bits per heavy atom. The maximum absolute atomic E-state index is 12.8. The van der Waals surface area contributed by atoms with Crippen LogP contribution in [0.2, 0.25) is 0 Å². The number of hydrogen-bond acceptors (Lipinski definition) is 7. The Labute approximate surface area is 171 Å².